The average molecular weight is 245 g/mol. The van der Waals surface area contributed by atoms with Gasteiger partial charge in [0.15, 0.2) is 0 Å². The van der Waals surface area contributed by atoms with Gasteiger partial charge in [0.05, 0.1) is 5.69 Å². The van der Waals surface area contributed by atoms with Crippen LogP contribution in [0.3, 0.4) is 0 Å². The quantitative estimate of drug-likeness (QED) is 0.738. The van der Waals surface area contributed by atoms with Crippen molar-refractivity contribution < 1.29 is 0 Å². The predicted molar refractivity (Wildman–Crippen MR) is 78.3 cm³/mol. The molecule has 0 unspecified atom stereocenters. The summed E-state index contributed by atoms with van der Waals surface area (Å²) in [7, 11) is 0. The fourth-order valence-corrected chi connectivity index (χ4v) is 2.83. The van der Waals surface area contributed by atoms with Gasteiger partial charge in [-0.3, -0.25) is 4.99 Å². The lowest BCUT2D eigenvalue weighted by Gasteiger charge is -2.13. The second kappa shape index (κ2) is 6.06. The molecule has 90 valence electrons. The Morgan fingerprint density at radius 1 is 1.18 bits per heavy atom. The van der Waals surface area contributed by atoms with E-state index in [-0.39, 0.29) is 0 Å². The third-order valence-electron chi connectivity index (χ3n) is 2.82. The van der Waals surface area contributed by atoms with E-state index in [2.05, 4.69) is 44.2 Å². The molecule has 0 fully saturated rings. The van der Waals surface area contributed by atoms with Crippen LogP contribution in [0.4, 0.5) is 5.69 Å². The first-order valence-corrected chi connectivity index (χ1v) is 7.24. The van der Waals surface area contributed by atoms with Crippen LogP contribution in [0.2, 0.25) is 0 Å². The van der Waals surface area contributed by atoms with Gasteiger partial charge in [-0.15, -0.1) is 11.8 Å². The van der Waals surface area contributed by atoms with Crippen LogP contribution in [0, 0.1) is 6.92 Å². The lowest BCUT2D eigenvalue weighted by atomic mass is 10.1. The van der Waals surface area contributed by atoms with Gasteiger partial charge in [0.2, 0.25) is 0 Å². The minimum atomic E-state index is 1.07. The van der Waals surface area contributed by atoms with Gasteiger partial charge in [0, 0.05) is 5.71 Å². The molecular formula is C15H19NS. The van der Waals surface area contributed by atoms with Crippen LogP contribution >= 0.6 is 11.8 Å². The molecule has 1 aliphatic carbocycles. The summed E-state index contributed by atoms with van der Waals surface area (Å²) in [6.45, 7) is 4.31. The summed E-state index contributed by atoms with van der Waals surface area (Å²) in [5.74, 6) is 1.16. The molecule has 0 N–H and O–H groups in total. The zero-order chi connectivity index (χ0) is 12.1. The zero-order valence-electron chi connectivity index (χ0n) is 10.6. The van der Waals surface area contributed by atoms with Crippen molar-refractivity contribution >= 4 is 23.2 Å². The molecule has 0 aliphatic heterocycles. The molecule has 2 rings (SSSR count). The van der Waals surface area contributed by atoms with Crippen molar-refractivity contribution in [3.63, 3.8) is 0 Å². The molecule has 0 amide bonds. The maximum absolute atomic E-state index is 4.72. The summed E-state index contributed by atoms with van der Waals surface area (Å²) >= 11 is 1.95. The van der Waals surface area contributed by atoms with E-state index in [1.54, 1.807) is 0 Å². The Balaban J connectivity index is 2.15. The lowest BCUT2D eigenvalue weighted by Crippen LogP contribution is -2.01. The number of benzene rings is 1. The Bertz CT molecular complexity index is 429. The number of thioether (sulfide) groups is 1. The van der Waals surface area contributed by atoms with Crippen LogP contribution in [-0.4, -0.2) is 11.5 Å². The Morgan fingerprint density at radius 2 is 1.94 bits per heavy atom. The highest BCUT2D eigenvalue weighted by Crippen LogP contribution is 2.27. The van der Waals surface area contributed by atoms with E-state index in [4.69, 9.17) is 4.99 Å². The van der Waals surface area contributed by atoms with E-state index in [1.807, 2.05) is 11.8 Å². The summed E-state index contributed by atoms with van der Waals surface area (Å²) in [4.78, 5) is 6.21. The standard InChI is InChI=1S/C15H19NS/c1-3-17-15-6-4-5-14(11-15)16-13-9-7-12(2)8-10-13/h7-11H,3-6H2,1-2H3/b16-14-. The van der Waals surface area contributed by atoms with Crippen LogP contribution in [0.25, 0.3) is 0 Å². The number of hydrogen-bond donors (Lipinski definition) is 0. The molecule has 1 aromatic carbocycles. The van der Waals surface area contributed by atoms with Crippen molar-refractivity contribution in [3.8, 4) is 0 Å². The molecule has 0 heterocycles. The Kier molecular flexibility index (Phi) is 4.43. The smallest absolute Gasteiger partial charge is 0.0633 e. The van der Waals surface area contributed by atoms with E-state index in [0.29, 0.717) is 0 Å². The number of nitrogens with zero attached hydrogens (tertiary/aromatic N) is 1. The second-order valence-electron chi connectivity index (χ2n) is 4.34. The number of hydrogen-bond acceptors (Lipinski definition) is 2. The highest BCUT2D eigenvalue weighted by molar-refractivity contribution is 8.03. The van der Waals surface area contributed by atoms with E-state index in [9.17, 15) is 0 Å². The van der Waals surface area contributed by atoms with Crippen LogP contribution in [-0.2, 0) is 0 Å². The van der Waals surface area contributed by atoms with Crippen molar-refractivity contribution in [3.05, 3.63) is 40.8 Å². The van der Waals surface area contributed by atoms with Crippen LogP contribution in [0.1, 0.15) is 31.7 Å². The first-order chi connectivity index (χ1) is 8.28. The third kappa shape index (κ3) is 3.74. The van der Waals surface area contributed by atoms with Crippen LogP contribution < -0.4 is 0 Å². The monoisotopic (exact) mass is 245 g/mol. The summed E-state index contributed by atoms with van der Waals surface area (Å²) in [5.41, 5.74) is 3.59. The molecule has 0 saturated carbocycles. The van der Waals surface area contributed by atoms with Crippen LogP contribution in [0.15, 0.2) is 40.2 Å². The molecule has 17 heavy (non-hydrogen) atoms. The molecule has 0 bridgehead atoms. The normalized spacial score (nSPS) is 18.2. The first kappa shape index (κ1) is 12.4. The molecular weight excluding hydrogens is 226 g/mol. The first-order valence-electron chi connectivity index (χ1n) is 6.25. The Hall–Kier alpha value is -1.02. The van der Waals surface area contributed by atoms with E-state index in [1.165, 1.54) is 29.0 Å². The second-order valence-corrected chi connectivity index (χ2v) is 5.73. The highest BCUT2D eigenvalue weighted by Gasteiger charge is 2.08. The van der Waals surface area contributed by atoms with E-state index >= 15 is 0 Å². The maximum Gasteiger partial charge on any atom is 0.0633 e. The molecule has 1 aliphatic rings. The Labute approximate surface area is 108 Å². The number of allylic oxidation sites excluding steroid dienone is 2. The van der Waals surface area contributed by atoms with Crippen molar-refractivity contribution in [1.82, 2.24) is 0 Å². The van der Waals surface area contributed by atoms with Gasteiger partial charge in [-0.05, 0) is 55.1 Å². The molecule has 2 heteroatoms. The molecule has 0 saturated heterocycles. The van der Waals surface area contributed by atoms with Crippen molar-refractivity contribution in [1.29, 1.82) is 0 Å². The minimum Gasteiger partial charge on any atom is -0.253 e. The molecule has 1 aromatic rings. The largest absolute Gasteiger partial charge is 0.253 e. The van der Waals surface area contributed by atoms with E-state index in [0.717, 1.165) is 17.9 Å². The van der Waals surface area contributed by atoms with Crippen LogP contribution in [0.5, 0.6) is 0 Å². The number of aliphatic imine (C=N–C) groups is 1. The predicted octanol–water partition coefficient (Wildman–Crippen LogP) is 4.89. The van der Waals surface area contributed by atoms with Gasteiger partial charge in [-0.25, -0.2) is 0 Å². The lowest BCUT2D eigenvalue weighted by molar-refractivity contribution is 0.869. The molecule has 0 spiro atoms. The van der Waals surface area contributed by atoms with Crippen molar-refractivity contribution in [2.24, 2.45) is 4.99 Å². The topological polar surface area (TPSA) is 12.4 Å². The fourth-order valence-electron chi connectivity index (χ4n) is 1.95. The number of aryl methyl sites for hydroxylation is 1. The van der Waals surface area contributed by atoms with Gasteiger partial charge in [0.25, 0.3) is 0 Å². The summed E-state index contributed by atoms with van der Waals surface area (Å²) in [6.07, 6.45) is 5.86. The van der Waals surface area contributed by atoms with Gasteiger partial charge >= 0.3 is 0 Å². The average Bonchev–Trinajstić information content (AvgIpc) is 2.33. The SMILES string of the molecule is CCSC1=C/C(=N\c2ccc(C)cc2)CCC1. The van der Waals surface area contributed by atoms with Gasteiger partial charge in [0.1, 0.15) is 0 Å². The zero-order valence-corrected chi connectivity index (χ0v) is 11.4. The molecule has 0 aromatic heterocycles. The molecule has 1 nitrogen and oxygen atoms in total. The minimum absolute atomic E-state index is 1.07. The summed E-state index contributed by atoms with van der Waals surface area (Å²) in [5, 5.41) is 0. The third-order valence-corrected chi connectivity index (χ3v) is 3.80. The van der Waals surface area contributed by atoms with Gasteiger partial charge in [-0.1, -0.05) is 24.6 Å². The van der Waals surface area contributed by atoms with Crippen molar-refractivity contribution in [2.75, 3.05) is 5.75 Å². The number of rotatable bonds is 3. The summed E-state index contributed by atoms with van der Waals surface area (Å²) in [6, 6.07) is 8.43. The van der Waals surface area contributed by atoms with Gasteiger partial charge in [-0.2, -0.15) is 0 Å². The van der Waals surface area contributed by atoms with Gasteiger partial charge < -0.3 is 0 Å². The molecule has 0 radical (unpaired) electrons. The molecule has 0 atom stereocenters. The van der Waals surface area contributed by atoms with E-state index < -0.39 is 0 Å². The highest BCUT2D eigenvalue weighted by atomic mass is 32.2. The maximum atomic E-state index is 4.72. The summed E-state index contributed by atoms with van der Waals surface area (Å²) < 4.78 is 0. The fraction of sp³-hybridized carbons (Fsp3) is 0.400. The Morgan fingerprint density at radius 3 is 2.65 bits per heavy atom. The van der Waals surface area contributed by atoms with Crippen molar-refractivity contribution in [2.45, 2.75) is 33.1 Å².